The van der Waals surface area contributed by atoms with Crippen molar-refractivity contribution in [3.05, 3.63) is 47.4 Å². The normalized spacial score (nSPS) is 25.9. The van der Waals surface area contributed by atoms with Crippen molar-refractivity contribution in [1.29, 1.82) is 0 Å². The van der Waals surface area contributed by atoms with E-state index in [4.69, 9.17) is 4.74 Å². The molecule has 12 heteroatoms. The molecule has 2 fully saturated rings. The van der Waals surface area contributed by atoms with Gasteiger partial charge in [-0.1, -0.05) is 19.9 Å². The lowest BCUT2D eigenvalue weighted by molar-refractivity contribution is -0.137. The van der Waals surface area contributed by atoms with Gasteiger partial charge in [0.05, 0.1) is 24.9 Å². The van der Waals surface area contributed by atoms with Crippen molar-refractivity contribution in [3.8, 4) is 5.75 Å². The van der Waals surface area contributed by atoms with Crippen LogP contribution in [0.4, 0.5) is 27.8 Å². The monoisotopic (exact) mass is 530 g/mol. The van der Waals surface area contributed by atoms with Crippen molar-refractivity contribution < 1.29 is 36.9 Å². The van der Waals surface area contributed by atoms with Crippen molar-refractivity contribution in [2.24, 2.45) is 5.92 Å². The first-order valence-electron chi connectivity index (χ1n) is 12.1. The molecule has 0 amide bonds. The summed E-state index contributed by atoms with van der Waals surface area (Å²) in [6, 6.07) is 2.86. The highest BCUT2D eigenvalue weighted by atomic mass is 19.4. The Kier molecular flexibility index (Phi) is 7.39. The minimum atomic E-state index is -4.68. The molecule has 2 saturated heterocycles. The number of hydrogen-bond donors (Lipinski definition) is 3. The number of nitrogens with zero attached hydrogens (tertiary/aromatic N) is 3. The molecule has 37 heavy (non-hydrogen) atoms. The average Bonchev–Trinajstić information content (AvgIpc) is 2.79. The number of piperidine rings is 1. The molecule has 2 aliphatic heterocycles. The van der Waals surface area contributed by atoms with Crippen LogP contribution in [0.1, 0.15) is 56.9 Å². The summed E-state index contributed by atoms with van der Waals surface area (Å²) in [5, 5.41) is 25.0. The van der Waals surface area contributed by atoms with Crippen LogP contribution in [0.2, 0.25) is 0 Å². The third kappa shape index (κ3) is 5.80. The fourth-order valence-corrected chi connectivity index (χ4v) is 4.97. The Morgan fingerprint density at radius 1 is 1.14 bits per heavy atom. The molecule has 2 aliphatic rings. The Morgan fingerprint density at radius 2 is 1.84 bits per heavy atom. The average molecular weight is 531 g/mol. The molecule has 3 N–H and O–H groups in total. The molecule has 3 unspecified atom stereocenters. The van der Waals surface area contributed by atoms with Gasteiger partial charge in [-0.05, 0) is 37.8 Å². The van der Waals surface area contributed by atoms with Crippen LogP contribution in [0.25, 0.3) is 0 Å². The summed E-state index contributed by atoms with van der Waals surface area (Å²) in [7, 11) is 0. The summed E-state index contributed by atoms with van der Waals surface area (Å²) in [6.07, 6.45) is -4.52. The minimum absolute atomic E-state index is 0.0513. The summed E-state index contributed by atoms with van der Waals surface area (Å²) in [5.41, 5.74) is -3.39. The van der Waals surface area contributed by atoms with E-state index in [1.165, 1.54) is 29.4 Å². The fraction of sp³-hybridized carbons (Fsp3) is 0.600. The van der Waals surface area contributed by atoms with Gasteiger partial charge in [-0.3, -0.25) is 4.98 Å². The highest BCUT2D eigenvalue weighted by Crippen LogP contribution is 2.41. The molecule has 204 valence electrons. The minimum Gasteiger partial charge on any atom is -0.490 e. The number of aromatic nitrogens is 2. The quantitative estimate of drug-likeness (QED) is 0.466. The third-order valence-electron chi connectivity index (χ3n) is 7.20. The summed E-state index contributed by atoms with van der Waals surface area (Å²) in [5.74, 6) is -0.450. The number of anilines is 1. The molecular formula is C25H31F5N4O3. The van der Waals surface area contributed by atoms with E-state index in [2.05, 4.69) is 15.3 Å². The number of hydrogen-bond acceptors (Lipinski definition) is 7. The van der Waals surface area contributed by atoms with Crippen molar-refractivity contribution in [1.82, 2.24) is 15.3 Å². The lowest BCUT2D eigenvalue weighted by atomic mass is 9.79. The van der Waals surface area contributed by atoms with Gasteiger partial charge in [0, 0.05) is 23.8 Å². The topological polar surface area (TPSA) is 90.7 Å². The van der Waals surface area contributed by atoms with Crippen LogP contribution in [0.15, 0.2) is 30.6 Å². The number of rotatable bonds is 7. The summed E-state index contributed by atoms with van der Waals surface area (Å²) in [6.45, 7) is 5.50. The first-order valence-corrected chi connectivity index (χ1v) is 12.1. The van der Waals surface area contributed by atoms with Gasteiger partial charge in [-0.15, -0.1) is 0 Å². The molecule has 0 aromatic carbocycles. The third-order valence-corrected chi connectivity index (χ3v) is 7.20. The Balaban J connectivity index is 1.46. The maximum atomic E-state index is 13.8. The molecule has 0 saturated carbocycles. The first-order chi connectivity index (χ1) is 17.2. The summed E-state index contributed by atoms with van der Waals surface area (Å²) >= 11 is 0. The standard InChI is InChI=1S/C25H31F5N4O3/c1-14(2)24(36)12-34(13-24)22-19(25(28,29)30)6-18(10-32-22)37-11-17-8-23(35,7-15(3)33-17)16-4-5-20(21(26)27)31-9-16/h4-6,9-10,14-15,17,21,33,35-36H,7-8,11-13H2,1-3H3. The molecule has 0 aliphatic carbocycles. The largest absolute Gasteiger partial charge is 0.490 e. The van der Waals surface area contributed by atoms with Crippen LogP contribution in [0, 0.1) is 5.92 Å². The van der Waals surface area contributed by atoms with Crippen LogP contribution >= 0.6 is 0 Å². The number of aliphatic hydroxyl groups is 2. The Bertz CT molecular complexity index is 1090. The van der Waals surface area contributed by atoms with Crippen LogP contribution in [-0.2, 0) is 11.8 Å². The first kappa shape index (κ1) is 27.5. The lowest BCUT2D eigenvalue weighted by Gasteiger charge is -2.50. The van der Waals surface area contributed by atoms with Crippen LogP contribution in [0.3, 0.4) is 0 Å². The van der Waals surface area contributed by atoms with Crippen LogP contribution < -0.4 is 15.0 Å². The predicted octanol–water partition coefficient (Wildman–Crippen LogP) is 4.05. The second kappa shape index (κ2) is 9.95. The van der Waals surface area contributed by atoms with Crippen molar-refractivity contribution in [3.63, 3.8) is 0 Å². The molecule has 7 nitrogen and oxygen atoms in total. The highest BCUT2D eigenvalue weighted by molar-refractivity contribution is 5.54. The van der Waals surface area contributed by atoms with E-state index in [-0.39, 0.29) is 49.6 Å². The van der Waals surface area contributed by atoms with Gasteiger partial charge in [-0.2, -0.15) is 13.2 Å². The van der Waals surface area contributed by atoms with Gasteiger partial charge in [0.2, 0.25) is 0 Å². The number of ether oxygens (including phenoxy) is 1. The summed E-state index contributed by atoms with van der Waals surface area (Å²) in [4.78, 5) is 9.12. The second-order valence-electron chi connectivity index (χ2n) is 10.4. The Labute approximate surface area is 211 Å². The van der Waals surface area contributed by atoms with Crippen LogP contribution in [0.5, 0.6) is 5.75 Å². The molecule has 3 atom stereocenters. The zero-order chi connectivity index (χ0) is 27.2. The van der Waals surface area contributed by atoms with E-state index in [1.807, 2.05) is 20.8 Å². The maximum Gasteiger partial charge on any atom is 0.420 e. The fourth-order valence-electron chi connectivity index (χ4n) is 4.97. The zero-order valence-electron chi connectivity index (χ0n) is 20.8. The van der Waals surface area contributed by atoms with Crippen molar-refractivity contribution in [2.75, 3.05) is 24.6 Å². The highest BCUT2D eigenvalue weighted by Gasteiger charge is 2.47. The van der Waals surface area contributed by atoms with Gasteiger partial charge in [0.1, 0.15) is 35.0 Å². The zero-order valence-corrected chi connectivity index (χ0v) is 20.8. The molecule has 2 aromatic rings. The van der Waals surface area contributed by atoms with E-state index >= 15 is 0 Å². The van der Waals surface area contributed by atoms with E-state index in [0.29, 0.717) is 12.0 Å². The maximum absolute atomic E-state index is 13.8. The molecule has 0 radical (unpaired) electrons. The van der Waals surface area contributed by atoms with Gasteiger partial charge in [-0.25, -0.2) is 13.8 Å². The van der Waals surface area contributed by atoms with Crippen LogP contribution in [-0.4, -0.2) is 57.6 Å². The van der Waals surface area contributed by atoms with Gasteiger partial charge >= 0.3 is 6.18 Å². The Morgan fingerprint density at radius 3 is 2.41 bits per heavy atom. The lowest BCUT2D eigenvalue weighted by Crippen LogP contribution is -2.65. The second-order valence-corrected chi connectivity index (χ2v) is 10.4. The molecule has 2 aromatic heterocycles. The molecule has 0 bridgehead atoms. The van der Waals surface area contributed by atoms with E-state index < -0.39 is 41.1 Å². The number of alkyl halides is 5. The van der Waals surface area contributed by atoms with Crippen molar-refractivity contribution >= 4 is 5.82 Å². The van der Waals surface area contributed by atoms with E-state index in [1.54, 1.807) is 0 Å². The number of halogens is 5. The SMILES string of the molecule is CC1CC(O)(c2ccc(C(F)F)nc2)CC(COc2cnc(N3CC(O)(C(C)C)C3)c(C(F)(F)F)c2)N1. The molecule has 4 rings (SSSR count). The van der Waals surface area contributed by atoms with E-state index in [0.717, 1.165) is 6.07 Å². The smallest absolute Gasteiger partial charge is 0.420 e. The van der Waals surface area contributed by atoms with Gasteiger partial charge in [0.15, 0.2) is 0 Å². The van der Waals surface area contributed by atoms with Gasteiger partial charge < -0.3 is 25.2 Å². The molecular weight excluding hydrogens is 499 g/mol. The number of pyridine rings is 2. The summed E-state index contributed by atoms with van der Waals surface area (Å²) < 4.78 is 72.8. The predicted molar refractivity (Wildman–Crippen MR) is 125 cm³/mol. The van der Waals surface area contributed by atoms with E-state index in [9.17, 15) is 32.2 Å². The number of nitrogens with one attached hydrogen (secondary N) is 1. The Hall–Kier alpha value is -2.57. The van der Waals surface area contributed by atoms with Gasteiger partial charge in [0.25, 0.3) is 6.43 Å². The van der Waals surface area contributed by atoms with Crippen molar-refractivity contribution in [2.45, 2.75) is 69.5 Å². The number of β-amino-alcohol motifs (C(OH)–C–C–N with tert-alkyl or cyclic N) is 1. The molecule has 0 spiro atoms. The molecule has 4 heterocycles.